The van der Waals surface area contributed by atoms with Crippen molar-refractivity contribution in [2.45, 2.75) is 18.4 Å². The third-order valence-corrected chi connectivity index (χ3v) is 6.60. The van der Waals surface area contributed by atoms with E-state index in [2.05, 4.69) is 10.4 Å². The van der Waals surface area contributed by atoms with Crippen molar-refractivity contribution in [3.63, 3.8) is 0 Å². The van der Waals surface area contributed by atoms with E-state index in [1.165, 1.54) is 12.1 Å². The molecule has 1 aromatic heterocycles. The predicted molar refractivity (Wildman–Crippen MR) is 122 cm³/mol. The first-order valence-electron chi connectivity index (χ1n) is 10.2. The van der Waals surface area contributed by atoms with E-state index < -0.39 is 10.8 Å². The highest BCUT2D eigenvalue weighted by molar-refractivity contribution is 7.83. The summed E-state index contributed by atoms with van der Waals surface area (Å²) in [7, 11) is -1.07. The Kier molecular flexibility index (Phi) is 5.22. The Balaban J connectivity index is 1.62. The molecule has 0 saturated carbocycles. The minimum absolute atomic E-state index is 0.306. The lowest BCUT2D eigenvalue weighted by Crippen LogP contribution is -2.18. The number of nitrogens with one attached hydrogen (secondary N) is 1. The molecular weight excluding hydrogens is 429 g/mol. The molecule has 1 aliphatic heterocycles. The van der Waals surface area contributed by atoms with Gasteiger partial charge in [0.25, 0.3) is 5.91 Å². The van der Waals surface area contributed by atoms with Gasteiger partial charge in [0.05, 0.1) is 35.1 Å². The second-order valence-electron chi connectivity index (χ2n) is 7.44. The maximum Gasteiger partial charge on any atom is 0.261 e. The normalized spacial score (nSPS) is 15.0. The summed E-state index contributed by atoms with van der Waals surface area (Å²) in [6.07, 6.45) is 0. The van der Waals surface area contributed by atoms with Crippen LogP contribution in [0.4, 0.5) is 10.2 Å². The van der Waals surface area contributed by atoms with Crippen LogP contribution in [-0.2, 0) is 22.3 Å². The topological polar surface area (TPSA) is 73.2 Å². The van der Waals surface area contributed by atoms with E-state index in [1.807, 2.05) is 37.3 Å². The number of ether oxygens (including phenoxy) is 1. The minimum atomic E-state index is -1.07. The van der Waals surface area contributed by atoms with Crippen LogP contribution in [0.3, 0.4) is 0 Å². The van der Waals surface area contributed by atoms with Crippen molar-refractivity contribution in [1.29, 1.82) is 0 Å². The van der Waals surface area contributed by atoms with Crippen molar-refractivity contribution < 1.29 is 18.1 Å². The van der Waals surface area contributed by atoms with Gasteiger partial charge < -0.3 is 10.1 Å². The molecule has 0 bridgehead atoms. The predicted octanol–water partition coefficient (Wildman–Crippen LogP) is 4.58. The van der Waals surface area contributed by atoms with Gasteiger partial charge in [-0.25, -0.2) is 9.07 Å². The largest absolute Gasteiger partial charge is 0.493 e. The van der Waals surface area contributed by atoms with Crippen LogP contribution >= 0.6 is 0 Å². The van der Waals surface area contributed by atoms with Crippen LogP contribution in [0, 0.1) is 5.82 Å². The number of hydrogen-bond acceptors (Lipinski definition) is 4. The Labute approximate surface area is 186 Å². The molecule has 0 saturated heterocycles. The molecule has 162 valence electrons. The van der Waals surface area contributed by atoms with Gasteiger partial charge in [-0.15, -0.1) is 0 Å². The summed E-state index contributed by atoms with van der Waals surface area (Å²) >= 11 is 0. The minimum Gasteiger partial charge on any atom is -0.493 e. The van der Waals surface area contributed by atoms with E-state index in [4.69, 9.17) is 4.74 Å². The van der Waals surface area contributed by atoms with Crippen LogP contribution < -0.4 is 10.1 Å². The first kappa shape index (κ1) is 20.4. The van der Waals surface area contributed by atoms with Crippen LogP contribution in [0.5, 0.6) is 5.75 Å². The number of hydrogen-bond donors (Lipinski definition) is 1. The molecule has 0 radical (unpaired) electrons. The summed E-state index contributed by atoms with van der Waals surface area (Å²) in [5.41, 5.74) is 2.43. The fourth-order valence-corrected chi connectivity index (χ4v) is 5.22. The highest BCUT2D eigenvalue weighted by Crippen LogP contribution is 2.34. The third kappa shape index (κ3) is 3.56. The number of nitrogens with zero attached hydrogens (tertiary/aromatic N) is 2. The SMILES string of the molecule is CCOc1ccc2ccccc2c1C(=O)Nc1c2c(nn1-c1ccc(F)cc1)C[S@@](=O)C2. The van der Waals surface area contributed by atoms with Crippen LogP contribution in [-0.4, -0.2) is 26.5 Å². The van der Waals surface area contributed by atoms with E-state index >= 15 is 0 Å². The summed E-state index contributed by atoms with van der Waals surface area (Å²) in [4.78, 5) is 13.6. The Morgan fingerprint density at radius 3 is 2.69 bits per heavy atom. The van der Waals surface area contributed by atoms with Gasteiger partial charge in [0.15, 0.2) is 0 Å². The highest BCUT2D eigenvalue weighted by atomic mass is 32.2. The van der Waals surface area contributed by atoms with Crippen molar-refractivity contribution >= 4 is 33.3 Å². The summed E-state index contributed by atoms with van der Waals surface area (Å²) < 4.78 is 32.9. The molecule has 0 unspecified atom stereocenters. The third-order valence-electron chi connectivity index (χ3n) is 5.39. The molecule has 0 fully saturated rings. The zero-order valence-electron chi connectivity index (χ0n) is 17.3. The highest BCUT2D eigenvalue weighted by Gasteiger charge is 2.29. The van der Waals surface area contributed by atoms with Crippen molar-refractivity contribution in [2.75, 3.05) is 11.9 Å². The van der Waals surface area contributed by atoms with Crippen LogP contribution in [0.25, 0.3) is 16.5 Å². The van der Waals surface area contributed by atoms with E-state index in [1.54, 1.807) is 22.9 Å². The fraction of sp³-hybridized carbons (Fsp3) is 0.167. The second-order valence-corrected chi connectivity index (χ2v) is 8.89. The van der Waals surface area contributed by atoms with Crippen molar-refractivity contribution in [3.05, 3.63) is 83.3 Å². The smallest absolute Gasteiger partial charge is 0.261 e. The number of aromatic nitrogens is 2. The maximum atomic E-state index is 13.6. The average molecular weight is 450 g/mol. The van der Waals surface area contributed by atoms with Gasteiger partial charge in [-0.2, -0.15) is 5.10 Å². The van der Waals surface area contributed by atoms with E-state index in [0.717, 1.165) is 16.3 Å². The number of carbonyl (C=O) groups excluding carboxylic acids is 1. The first-order chi connectivity index (χ1) is 15.5. The molecule has 8 heteroatoms. The number of halogens is 1. The Bertz CT molecular complexity index is 1370. The lowest BCUT2D eigenvalue weighted by molar-refractivity contribution is 0.102. The molecule has 3 aromatic carbocycles. The zero-order valence-corrected chi connectivity index (χ0v) is 18.1. The van der Waals surface area contributed by atoms with Crippen LogP contribution in [0.2, 0.25) is 0 Å². The first-order valence-corrected chi connectivity index (χ1v) is 11.7. The van der Waals surface area contributed by atoms with Gasteiger partial charge >= 0.3 is 0 Å². The van der Waals surface area contributed by atoms with Crippen LogP contribution in [0.1, 0.15) is 28.5 Å². The average Bonchev–Trinajstić information content (AvgIpc) is 3.31. The maximum absolute atomic E-state index is 13.6. The Hall–Kier alpha value is -3.52. The second kappa shape index (κ2) is 8.20. The van der Waals surface area contributed by atoms with Crippen LogP contribution in [0.15, 0.2) is 60.7 Å². The van der Waals surface area contributed by atoms with E-state index in [-0.39, 0.29) is 11.7 Å². The molecule has 1 amide bonds. The number of carbonyl (C=O) groups is 1. The molecule has 1 N–H and O–H groups in total. The van der Waals surface area contributed by atoms with Crippen molar-refractivity contribution in [3.8, 4) is 11.4 Å². The number of rotatable bonds is 5. The van der Waals surface area contributed by atoms with Crippen molar-refractivity contribution in [2.24, 2.45) is 0 Å². The van der Waals surface area contributed by atoms with E-state index in [9.17, 15) is 13.4 Å². The molecule has 32 heavy (non-hydrogen) atoms. The molecule has 5 rings (SSSR count). The number of amides is 1. The lowest BCUT2D eigenvalue weighted by atomic mass is 10.0. The Morgan fingerprint density at radius 1 is 1.12 bits per heavy atom. The van der Waals surface area contributed by atoms with Crippen molar-refractivity contribution in [1.82, 2.24) is 9.78 Å². The summed E-state index contributed by atoms with van der Waals surface area (Å²) in [6.45, 7) is 2.28. The molecule has 2 heterocycles. The van der Waals surface area contributed by atoms with Gasteiger partial charge in [0, 0.05) is 16.4 Å². The van der Waals surface area contributed by atoms with Gasteiger partial charge in [-0.3, -0.25) is 9.00 Å². The van der Waals surface area contributed by atoms with Gasteiger partial charge in [-0.1, -0.05) is 30.3 Å². The quantitative estimate of drug-likeness (QED) is 0.484. The monoisotopic (exact) mass is 449 g/mol. The standard InChI is InChI=1S/C24H20FN3O3S/c1-2-31-21-12-7-15-5-3-4-6-18(15)22(21)24(29)26-23-19-13-32(30)14-20(19)27-28(23)17-10-8-16(25)9-11-17/h3-12H,2,13-14H2,1H3,(H,26,29)/t32-/m0/s1. The molecule has 1 atom stereocenters. The molecular formula is C24H20FN3O3S. The number of benzene rings is 3. The Morgan fingerprint density at radius 2 is 1.91 bits per heavy atom. The molecule has 6 nitrogen and oxygen atoms in total. The number of anilines is 1. The lowest BCUT2D eigenvalue weighted by Gasteiger charge is -2.15. The zero-order chi connectivity index (χ0) is 22.2. The molecule has 4 aromatic rings. The van der Waals surface area contributed by atoms with Gasteiger partial charge in [-0.05, 0) is 48.0 Å². The molecule has 1 aliphatic rings. The summed E-state index contributed by atoms with van der Waals surface area (Å²) in [5, 5.41) is 9.23. The summed E-state index contributed by atoms with van der Waals surface area (Å²) in [5.74, 6) is 0.839. The summed E-state index contributed by atoms with van der Waals surface area (Å²) in [6, 6.07) is 17.2. The van der Waals surface area contributed by atoms with Gasteiger partial charge in [0.2, 0.25) is 0 Å². The number of fused-ring (bicyclic) bond motifs is 2. The fourth-order valence-electron chi connectivity index (χ4n) is 3.96. The van der Waals surface area contributed by atoms with E-state index in [0.29, 0.717) is 46.6 Å². The molecule has 0 aliphatic carbocycles. The molecule has 0 spiro atoms. The van der Waals surface area contributed by atoms with Gasteiger partial charge in [0.1, 0.15) is 17.4 Å².